The number of fused-ring (bicyclic) bond motifs is 1. The number of carbonyl (C=O) groups excluding carboxylic acids is 1. The van der Waals surface area contributed by atoms with Crippen LogP contribution in [0.1, 0.15) is 28.2 Å². The summed E-state index contributed by atoms with van der Waals surface area (Å²) >= 11 is 0. The zero-order valence-corrected chi connectivity index (χ0v) is 12.6. The normalized spacial score (nSPS) is 14.2. The topological polar surface area (TPSA) is 75.6 Å². The first-order chi connectivity index (χ1) is 11.3. The van der Waals surface area contributed by atoms with Gasteiger partial charge in [0.05, 0.1) is 6.54 Å². The van der Waals surface area contributed by atoms with Gasteiger partial charge < -0.3 is 10.3 Å². The van der Waals surface area contributed by atoms with Crippen molar-refractivity contribution in [3.05, 3.63) is 59.7 Å². The maximum Gasteiger partial charge on any atom is 0.271 e. The van der Waals surface area contributed by atoms with Gasteiger partial charge in [-0.15, -0.1) is 0 Å². The molecule has 1 aliphatic rings. The van der Waals surface area contributed by atoms with E-state index < -0.39 is 0 Å². The molecule has 0 spiro atoms. The molecule has 0 fully saturated rings. The van der Waals surface area contributed by atoms with E-state index in [0.717, 1.165) is 35.5 Å². The van der Waals surface area contributed by atoms with E-state index in [0.29, 0.717) is 18.8 Å². The third kappa shape index (κ3) is 2.63. The molecule has 116 valence electrons. The quantitative estimate of drug-likeness (QED) is 0.777. The van der Waals surface area contributed by atoms with Gasteiger partial charge >= 0.3 is 0 Å². The Kier molecular flexibility index (Phi) is 3.42. The molecule has 0 aliphatic carbocycles. The Labute approximate surface area is 133 Å². The van der Waals surface area contributed by atoms with Crippen molar-refractivity contribution in [2.75, 3.05) is 6.54 Å². The highest BCUT2D eigenvalue weighted by molar-refractivity contribution is 5.94. The van der Waals surface area contributed by atoms with Crippen LogP contribution >= 0.6 is 0 Å². The summed E-state index contributed by atoms with van der Waals surface area (Å²) in [6.45, 7) is 1.37. The molecular formula is C17H17N5O. The largest absolute Gasteiger partial charge is 0.351 e. The van der Waals surface area contributed by atoms with Gasteiger partial charge in [-0.1, -0.05) is 24.3 Å². The maximum atomic E-state index is 12.1. The molecule has 6 heteroatoms. The van der Waals surface area contributed by atoms with Crippen molar-refractivity contribution in [1.82, 2.24) is 25.1 Å². The van der Waals surface area contributed by atoms with E-state index in [9.17, 15) is 4.79 Å². The molecule has 1 aromatic carbocycles. The molecule has 1 amide bonds. The van der Waals surface area contributed by atoms with Crippen molar-refractivity contribution in [3.8, 4) is 11.4 Å². The van der Waals surface area contributed by atoms with Crippen LogP contribution in [0.3, 0.4) is 0 Å². The molecular weight excluding hydrogens is 290 g/mol. The van der Waals surface area contributed by atoms with Crippen molar-refractivity contribution in [2.45, 2.75) is 19.4 Å². The fraction of sp³-hybridized carbons (Fsp3) is 0.235. The second kappa shape index (κ2) is 5.72. The highest BCUT2D eigenvalue weighted by Crippen LogP contribution is 2.24. The van der Waals surface area contributed by atoms with Crippen molar-refractivity contribution in [1.29, 1.82) is 0 Å². The van der Waals surface area contributed by atoms with Gasteiger partial charge in [-0.2, -0.15) is 5.10 Å². The molecule has 6 nitrogen and oxygen atoms in total. The molecule has 3 aromatic rings. The van der Waals surface area contributed by atoms with E-state index in [-0.39, 0.29) is 5.91 Å². The van der Waals surface area contributed by atoms with Gasteiger partial charge in [0.25, 0.3) is 5.91 Å². The highest BCUT2D eigenvalue weighted by atomic mass is 16.1. The first-order valence-corrected chi connectivity index (χ1v) is 7.74. The Hall–Kier alpha value is -2.89. The predicted molar refractivity (Wildman–Crippen MR) is 86.0 cm³/mol. The average molecular weight is 307 g/mol. The molecule has 0 unspecified atom stereocenters. The Morgan fingerprint density at radius 1 is 1.22 bits per heavy atom. The van der Waals surface area contributed by atoms with Crippen LogP contribution in [-0.4, -0.2) is 32.2 Å². The van der Waals surface area contributed by atoms with Gasteiger partial charge in [-0.05, 0) is 24.5 Å². The molecule has 0 saturated heterocycles. The van der Waals surface area contributed by atoms with Crippen molar-refractivity contribution in [2.24, 2.45) is 0 Å². The fourth-order valence-corrected chi connectivity index (χ4v) is 2.91. The summed E-state index contributed by atoms with van der Waals surface area (Å²) in [4.78, 5) is 20.0. The van der Waals surface area contributed by atoms with E-state index >= 15 is 0 Å². The van der Waals surface area contributed by atoms with E-state index in [4.69, 9.17) is 0 Å². The zero-order chi connectivity index (χ0) is 15.6. The Balaban J connectivity index is 1.74. The Bertz CT molecular complexity index is 835. The average Bonchev–Trinajstić information content (AvgIpc) is 3.19. The molecule has 0 saturated carbocycles. The van der Waals surface area contributed by atoms with Crippen LogP contribution < -0.4 is 5.32 Å². The number of aromatic nitrogens is 4. The van der Waals surface area contributed by atoms with Gasteiger partial charge in [-0.3, -0.25) is 9.48 Å². The van der Waals surface area contributed by atoms with Crippen LogP contribution in [0.25, 0.3) is 11.4 Å². The number of rotatable bonds is 3. The lowest BCUT2D eigenvalue weighted by Crippen LogP contribution is -2.23. The Morgan fingerprint density at radius 3 is 3.00 bits per heavy atom. The predicted octanol–water partition coefficient (Wildman–Crippen LogP) is 2.00. The standard InChI is InChI=1S/C17H17N5O/c23-17-15-14(7-3-8-18-17)20-16(21-15)13-6-2-1-5-12(13)11-22-10-4-9-19-22/h1-2,4-6,9-10H,3,7-8,11H2,(H,18,23)(H,20,21). The number of hydrogen-bond acceptors (Lipinski definition) is 3. The number of aryl methyl sites for hydroxylation is 1. The van der Waals surface area contributed by atoms with Gasteiger partial charge in [0, 0.05) is 30.2 Å². The number of carbonyl (C=O) groups is 1. The Morgan fingerprint density at radius 2 is 2.13 bits per heavy atom. The number of benzene rings is 1. The summed E-state index contributed by atoms with van der Waals surface area (Å²) in [5, 5.41) is 7.14. The molecule has 2 aromatic heterocycles. The molecule has 23 heavy (non-hydrogen) atoms. The summed E-state index contributed by atoms with van der Waals surface area (Å²) in [5.41, 5.74) is 3.56. The van der Waals surface area contributed by atoms with Crippen molar-refractivity contribution >= 4 is 5.91 Å². The molecule has 0 atom stereocenters. The van der Waals surface area contributed by atoms with Gasteiger partial charge in [0.1, 0.15) is 11.5 Å². The second-order valence-electron chi connectivity index (χ2n) is 5.63. The minimum absolute atomic E-state index is 0.0930. The summed E-state index contributed by atoms with van der Waals surface area (Å²) in [6, 6.07) is 9.97. The van der Waals surface area contributed by atoms with Crippen LogP contribution in [0.15, 0.2) is 42.7 Å². The molecule has 4 rings (SSSR count). The molecule has 0 radical (unpaired) electrons. The molecule has 3 heterocycles. The second-order valence-corrected chi connectivity index (χ2v) is 5.63. The molecule has 0 bridgehead atoms. The van der Waals surface area contributed by atoms with Crippen LogP contribution in [0.2, 0.25) is 0 Å². The third-order valence-corrected chi connectivity index (χ3v) is 4.05. The number of nitrogens with one attached hydrogen (secondary N) is 2. The van der Waals surface area contributed by atoms with Gasteiger partial charge in [0.15, 0.2) is 0 Å². The van der Waals surface area contributed by atoms with Crippen molar-refractivity contribution in [3.63, 3.8) is 0 Å². The number of amides is 1. The van der Waals surface area contributed by atoms with Gasteiger partial charge in [0.2, 0.25) is 0 Å². The van der Waals surface area contributed by atoms with E-state index in [1.54, 1.807) is 6.20 Å². The van der Waals surface area contributed by atoms with Crippen LogP contribution in [-0.2, 0) is 13.0 Å². The summed E-state index contributed by atoms with van der Waals surface area (Å²) in [6.07, 6.45) is 5.46. The lowest BCUT2D eigenvalue weighted by Gasteiger charge is -2.07. The minimum Gasteiger partial charge on any atom is -0.351 e. The van der Waals surface area contributed by atoms with E-state index in [2.05, 4.69) is 26.4 Å². The lowest BCUT2D eigenvalue weighted by molar-refractivity contribution is 0.0951. The van der Waals surface area contributed by atoms with E-state index in [1.807, 2.05) is 35.1 Å². The number of imidazole rings is 1. The highest BCUT2D eigenvalue weighted by Gasteiger charge is 2.21. The smallest absolute Gasteiger partial charge is 0.271 e. The summed E-state index contributed by atoms with van der Waals surface area (Å²) < 4.78 is 1.87. The van der Waals surface area contributed by atoms with Crippen LogP contribution in [0, 0.1) is 0 Å². The van der Waals surface area contributed by atoms with Crippen molar-refractivity contribution < 1.29 is 4.79 Å². The monoisotopic (exact) mass is 307 g/mol. The van der Waals surface area contributed by atoms with Crippen LogP contribution in [0.4, 0.5) is 0 Å². The molecule has 2 N–H and O–H groups in total. The van der Waals surface area contributed by atoms with E-state index in [1.165, 1.54) is 0 Å². The number of H-pyrrole nitrogens is 1. The maximum absolute atomic E-state index is 12.1. The lowest BCUT2D eigenvalue weighted by atomic mass is 10.1. The summed E-state index contributed by atoms with van der Waals surface area (Å²) in [7, 11) is 0. The van der Waals surface area contributed by atoms with Gasteiger partial charge in [-0.25, -0.2) is 4.98 Å². The number of nitrogens with zero attached hydrogens (tertiary/aromatic N) is 3. The SMILES string of the molecule is O=C1NCCCc2[nH]c(-c3ccccc3Cn3cccn3)nc21. The number of aromatic amines is 1. The fourth-order valence-electron chi connectivity index (χ4n) is 2.91. The third-order valence-electron chi connectivity index (χ3n) is 4.05. The number of hydrogen-bond donors (Lipinski definition) is 2. The van der Waals surface area contributed by atoms with Crippen LogP contribution in [0.5, 0.6) is 0 Å². The first kappa shape index (κ1) is 13.8. The minimum atomic E-state index is -0.0930. The first-order valence-electron chi connectivity index (χ1n) is 7.74. The zero-order valence-electron chi connectivity index (χ0n) is 12.6. The summed E-state index contributed by atoms with van der Waals surface area (Å²) in [5.74, 6) is 0.652. The molecule has 1 aliphatic heterocycles.